The zero-order valence-corrected chi connectivity index (χ0v) is 27.2. The number of hydrogen-bond donors (Lipinski definition) is 0. The van der Waals surface area contributed by atoms with Gasteiger partial charge in [-0.2, -0.15) is 0 Å². The minimum atomic E-state index is -0.620. The van der Waals surface area contributed by atoms with Crippen LogP contribution in [0, 0.1) is 6.92 Å². The van der Waals surface area contributed by atoms with Crippen molar-refractivity contribution < 1.29 is 23.8 Å². The SMILES string of the molecule is CCCCCCCCCCCCCCCC(=O)OC[C@@H]1CC[C@H](n2cc(C)c(=O)n(COC(=O)C3=C(C)N=CCC3)c2=O)O1. The molecule has 0 saturated carbocycles. The molecule has 10 heteroatoms. The number of hydrogen-bond acceptors (Lipinski definition) is 8. The molecule has 1 fully saturated rings. The first-order valence-corrected chi connectivity index (χ1v) is 16.8. The van der Waals surface area contributed by atoms with E-state index >= 15 is 0 Å². The Hall–Kier alpha value is -3.01. The van der Waals surface area contributed by atoms with Gasteiger partial charge in [-0.3, -0.25) is 19.1 Å². The van der Waals surface area contributed by atoms with Crippen molar-refractivity contribution in [2.75, 3.05) is 6.61 Å². The standard InChI is InChI=1S/C34H53N3O7/c1-4-5-6-7-8-9-10-11-12-13-14-15-16-19-31(38)42-24-28-20-21-30(44-28)36-23-26(2)32(39)37(34(36)41)25-43-33(40)29-18-17-22-35-27(29)3/h22-23,28,30H,4-21,24-25H2,1-3H3/t28-,30+/m0/s1. The number of rotatable bonds is 20. The molecular weight excluding hydrogens is 562 g/mol. The molecule has 0 radical (unpaired) electrons. The number of aryl methyl sites for hydroxylation is 1. The Labute approximate surface area is 261 Å². The molecule has 3 rings (SSSR count). The molecule has 0 amide bonds. The second kappa shape index (κ2) is 19.4. The van der Waals surface area contributed by atoms with E-state index in [4.69, 9.17) is 14.2 Å². The first-order valence-electron chi connectivity index (χ1n) is 16.8. The van der Waals surface area contributed by atoms with Crippen LogP contribution in [0.4, 0.5) is 0 Å². The summed E-state index contributed by atoms with van der Waals surface area (Å²) in [5, 5.41) is 0. The molecule has 44 heavy (non-hydrogen) atoms. The van der Waals surface area contributed by atoms with Crippen LogP contribution < -0.4 is 11.2 Å². The third-order valence-electron chi connectivity index (χ3n) is 8.49. The molecule has 0 N–H and O–H groups in total. The number of esters is 2. The van der Waals surface area contributed by atoms with E-state index in [1.165, 1.54) is 75.0 Å². The van der Waals surface area contributed by atoms with E-state index < -0.39 is 30.2 Å². The molecule has 2 atom stereocenters. The summed E-state index contributed by atoms with van der Waals surface area (Å²) in [6, 6.07) is 0. The first-order chi connectivity index (χ1) is 21.3. The molecule has 0 bridgehead atoms. The van der Waals surface area contributed by atoms with Gasteiger partial charge in [-0.1, -0.05) is 84.0 Å². The van der Waals surface area contributed by atoms with Gasteiger partial charge in [0.2, 0.25) is 0 Å². The number of carbonyl (C=O) groups is 2. The van der Waals surface area contributed by atoms with Crippen LogP contribution in [0.3, 0.4) is 0 Å². The second-order valence-corrected chi connectivity index (χ2v) is 12.2. The highest BCUT2D eigenvalue weighted by Gasteiger charge is 2.29. The minimum absolute atomic E-state index is 0.135. The fourth-order valence-electron chi connectivity index (χ4n) is 5.77. The quantitative estimate of drug-likeness (QED) is 0.119. The van der Waals surface area contributed by atoms with Crippen LogP contribution in [0.1, 0.15) is 141 Å². The van der Waals surface area contributed by atoms with Crippen LogP contribution in [0.25, 0.3) is 0 Å². The van der Waals surface area contributed by atoms with Crippen molar-refractivity contribution in [2.45, 2.75) is 155 Å². The summed E-state index contributed by atoms with van der Waals surface area (Å²) in [5.41, 5.74) is 0.202. The zero-order valence-electron chi connectivity index (χ0n) is 27.2. The lowest BCUT2D eigenvalue weighted by molar-refractivity contribution is -0.149. The Morgan fingerprint density at radius 3 is 2.18 bits per heavy atom. The highest BCUT2D eigenvalue weighted by molar-refractivity contribution is 5.90. The average molecular weight is 616 g/mol. The highest BCUT2D eigenvalue weighted by Crippen LogP contribution is 2.27. The van der Waals surface area contributed by atoms with Crippen molar-refractivity contribution in [3.8, 4) is 0 Å². The summed E-state index contributed by atoms with van der Waals surface area (Å²) < 4.78 is 19.1. The van der Waals surface area contributed by atoms with Gasteiger partial charge in [0.1, 0.15) is 12.8 Å². The molecule has 3 heterocycles. The van der Waals surface area contributed by atoms with Gasteiger partial charge in [-0.05, 0) is 46.0 Å². The second-order valence-electron chi connectivity index (χ2n) is 12.2. The molecule has 1 aromatic heterocycles. The summed E-state index contributed by atoms with van der Waals surface area (Å²) >= 11 is 0. The van der Waals surface area contributed by atoms with Gasteiger partial charge in [0.15, 0.2) is 6.73 Å². The maximum Gasteiger partial charge on any atom is 0.337 e. The van der Waals surface area contributed by atoms with Crippen LogP contribution in [0.15, 0.2) is 32.0 Å². The highest BCUT2D eigenvalue weighted by atomic mass is 16.6. The largest absolute Gasteiger partial charge is 0.463 e. The topological polar surface area (TPSA) is 118 Å². The normalized spacial score (nSPS) is 18.2. The summed E-state index contributed by atoms with van der Waals surface area (Å²) in [7, 11) is 0. The molecule has 0 aromatic carbocycles. The third-order valence-corrected chi connectivity index (χ3v) is 8.49. The van der Waals surface area contributed by atoms with Crippen molar-refractivity contribution >= 4 is 18.2 Å². The monoisotopic (exact) mass is 615 g/mol. The maximum absolute atomic E-state index is 13.2. The van der Waals surface area contributed by atoms with Gasteiger partial charge in [0, 0.05) is 30.1 Å². The summed E-state index contributed by atoms with van der Waals surface area (Å²) in [6.07, 6.45) is 21.3. The fraction of sp³-hybridized carbons (Fsp3) is 0.735. The number of nitrogens with zero attached hydrogens (tertiary/aromatic N) is 3. The van der Waals surface area contributed by atoms with E-state index in [1.807, 2.05) is 0 Å². The van der Waals surface area contributed by atoms with Crippen LogP contribution in [-0.2, 0) is 30.5 Å². The summed E-state index contributed by atoms with van der Waals surface area (Å²) in [5.74, 6) is -0.811. The summed E-state index contributed by atoms with van der Waals surface area (Å²) in [4.78, 5) is 54.9. The van der Waals surface area contributed by atoms with E-state index in [2.05, 4.69) is 11.9 Å². The number of allylic oxidation sites excluding steroid dienone is 1. The predicted molar refractivity (Wildman–Crippen MR) is 171 cm³/mol. The van der Waals surface area contributed by atoms with Crippen LogP contribution >= 0.6 is 0 Å². The number of aromatic nitrogens is 2. The molecule has 0 aliphatic carbocycles. The van der Waals surface area contributed by atoms with Gasteiger partial charge in [0.25, 0.3) is 5.56 Å². The first kappa shape index (κ1) is 35.5. The van der Waals surface area contributed by atoms with E-state index in [-0.39, 0.29) is 18.7 Å². The predicted octanol–water partition coefficient (Wildman–Crippen LogP) is 6.66. The van der Waals surface area contributed by atoms with E-state index in [0.29, 0.717) is 48.9 Å². The lowest BCUT2D eigenvalue weighted by atomic mass is 10.0. The van der Waals surface area contributed by atoms with Crippen molar-refractivity contribution in [2.24, 2.45) is 4.99 Å². The lowest BCUT2D eigenvalue weighted by Gasteiger charge is -2.19. The van der Waals surface area contributed by atoms with Gasteiger partial charge >= 0.3 is 17.6 Å². The van der Waals surface area contributed by atoms with E-state index in [9.17, 15) is 19.2 Å². The van der Waals surface area contributed by atoms with Crippen molar-refractivity contribution in [1.29, 1.82) is 0 Å². The van der Waals surface area contributed by atoms with Crippen LogP contribution in [0.2, 0.25) is 0 Å². The molecule has 1 aromatic rings. The molecule has 10 nitrogen and oxygen atoms in total. The van der Waals surface area contributed by atoms with Gasteiger partial charge in [0.05, 0.1) is 11.7 Å². The zero-order chi connectivity index (χ0) is 31.7. The van der Waals surface area contributed by atoms with E-state index in [0.717, 1.165) is 23.8 Å². The average Bonchev–Trinajstić information content (AvgIpc) is 3.49. The Morgan fingerprint density at radius 2 is 1.55 bits per heavy atom. The molecule has 2 aliphatic rings. The van der Waals surface area contributed by atoms with Crippen LogP contribution in [-0.4, -0.2) is 40.0 Å². The number of carbonyl (C=O) groups excluding carboxylic acids is 2. The fourth-order valence-corrected chi connectivity index (χ4v) is 5.77. The Morgan fingerprint density at radius 1 is 0.909 bits per heavy atom. The molecule has 2 aliphatic heterocycles. The van der Waals surface area contributed by atoms with Gasteiger partial charge in [-0.15, -0.1) is 0 Å². The molecule has 1 saturated heterocycles. The molecule has 0 unspecified atom stereocenters. The number of unbranched alkanes of at least 4 members (excludes halogenated alkanes) is 12. The maximum atomic E-state index is 13.2. The molecular formula is C34H53N3O7. The number of aliphatic imine (C=N–C) groups is 1. The smallest absolute Gasteiger partial charge is 0.337 e. The summed E-state index contributed by atoms with van der Waals surface area (Å²) in [6.45, 7) is 5.22. The Balaban J connectivity index is 1.34. The lowest BCUT2D eigenvalue weighted by Crippen LogP contribution is -2.43. The van der Waals surface area contributed by atoms with Gasteiger partial charge in [-0.25, -0.2) is 14.2 Å². The van der Waals surface area contributed by atoms with Gasteiger partial charge < -0.3 is 14.2 Å². The minimum Gasteiger partial charge on any atom is -0.463 e. The Bertz CT molecular complexity index is 1250. The van der Waals surface area contributed by atoms with Crippen LogP contribution in [0.5, 0.6) is 0 Å². The third kappa shape index (κ3) is 11.5. The molecule has 246 valence electrons. The number of ether oxygens (including phenoxy) is 3. The van der Waals surface area contributed by atoms with Crippen molar-refractivity contribution in [1.82, 2.24) is 9.13 Å². The molecule has 0 spiro atoms. The van der Waals surface area contributed by atoms with Crippen molar-refractivity contribution in [3.05, 3.63) is 43.9 Å². The van der Waals surface area contributed by atoms with Crippen molar-refractivity contribution in [3.63, 3.8) is 0 Å². The Kier molecular flexibility index (Phi) is 15.6. The van der Waals surface area contributed by atoms with E-state index in [1.54, 1.807) is 20.1 Å².